The number of rotatable bonds is 15. The molecule has 0 amide bonds. The molecule has 0 unspecified atom stereocenters. The van der Waals surface area contributed by atoms with Gasteiger partial charge in [-0.15, -0.1) is 0 Å². The molecular weight excluding hydrogens is 362 g/mol. The summed E-state index contributed by atoms with van der Waals surface area (Å²) in [5.41, 5.74) is 1.50. The molecule has 0 saturated heterocycles. The van der Waals surface area contributed by atoms with Crippen LogP contribution in [0.4, 0.5) is 0 Å². The van der Waals surface area contributed by atoms with Crippen LogP contribution in [0.3, 0.4) is 0 Å². The lowest BCUT2D eigenvalue weighted by molar-refractivity contribution is -0.704. The van der Waals surface area contributed by atoms with Gasteiger partial charge >= 0.3 is 0 Å². The predicted octanol–water partition coefficient (Wildman–Crippen LogP) is 2.21. The van der Waals surface area contributed by atoms with Gasteiger partial charge in [0.2, 0.25) is 0 Å². The summed E-state index contributed by atoms with van der Waals surface area (Å²) < 4.78 is 2.46. The fourth-order valence-electron chi connectivity index (χ4n) is 3.12. The number of hydrogen-bond acceptors (Lipinski definition) is 1. The highest BCUT2D eigenvalue weighted by atomic mass is 79.9. The van der Waals surface area contributed by atoms with Gasteiger partial charge < -0.3 is 22.1 Å². The Labute approximate surface area is 160 Å². The Morgan fingerprint density at radius 3 is 1.96 bits per heavy atom. The average Bonchev–Trinajstić information content (AvgIpc) is 2.58. The number of unbranched alkanes of at least 4 members (excludes halogenated alkanes) is 10. The molecule has 0 bridgehead atoms. The van der Waals surface area contributed by atoms with Gasteiger partial charge in [-0.1, -0.05) is 64.4 Å². The highest BCUT2D eigenvalue weighted by molar-refractivity contribution is 4.97. The maximum absolute atomic E-state index is 8.73. The number of halogens is 1. The Balaban J connectivity index is 0.00000529. The quantitative estimate of drug-likeness (QED) is 0.354. The van der Waals surface area contributed by atoms with E-state index >= 15 is 0 Å². The van der Waals surface area contributed by atoms with Crippen molar-refractivity contribution in [1.29, 1.82) is 0 Å². The third kappa shape index (κ3) is 12.0. The van der Waals surface area contributed by atoms with Crippen molar-refractivity contribution in [3.8, 4) is 0 Å². The molecule has 1 aromatic heterocycles. The lowest BCUT2D eigenvalue weighted by atomic mass is 10.1. The standard InChI is InChI=1S/C21H38NO.BrH/c1-2-3-16-21-17-12-14-19-22(21)18-13-10-8-6-4-5-7-9-11-15-20-23;/h12,14,17,19,23H,2-11,13,15-16,18,20H2,1H3;1H/q+1;/p-1. The van der Waals surface area contributed by atoms with E-state index in [-0.39, 0.29) is 17.0 Å². The van der Waals surface area contributed by atoms with Gasteiger partial charge in [0, 0.05) is 31.6 Å². The highest BCUT2D eigenvalue weighted by Crippen LogP contribution is 2.10. The lowest BCUT2D eigenvalue weighted by Gasteiger charge is -2.04. The number of aliphatic hydroxyl groups excluding tert-OH is 1. The predicted molar refractivity (Wildman–Crippen MR) is 98.5 cm³/mol. The van der Waals surface area contributed by atoms with Crippen molar-refractivity contribution in [2.45, 2.75) is 96.9 Å². The fourth-order valence-corrected chi connectivity index (χ4v) is 3.12. The van der Waals surface area contributed by atoms with E-state index in [0.717, 1.165) is 6.42 Å². The maximum atomic E-state index is 8.73. The van der Waals surface area contributed by atoms with Crippen LogP contribution >= 0.6 is 0 Å². The van der Waals surface area contributed by atoms with E-state index in [1.165, 1.54) is 89.3 Å². The van der Waals surface area contributed by atoms with Crippen molar-refractivity contribution < 1.29 is 26.7 Å². The van der Waals surface area contributed by atoms with E-state index in [1.54, 1.807) is 0 Å². The zero-order chi connectivity index (χ0) is 16.6. The number of aliphatic hydroxyl groups is 1. The molecule has 24 heavy (non-hydrogen) atoms. The van der Waals surface area contributed by atoms with Crippen molar-refractivity contribution in [1.82, 2.24) is 0 Å². The minimum atomic E-state index is 0. The Morgan fingerprint density at radius 1 is 0.792 bits per heavy atom. The molecule has 2 nitrogen and oxygen atoms in total. The van der Waals surface area contributed by atoms with Gasteiger partial charge in [0.25, 0.3) is 0 Å². The van der Waals surface area contributed by atoms with Crippen LogP contribution < -0.4 is 21.5 Å². The van der Waals surface area contributed by atoms with E-state index in [4.69, 9.17) is 5.11 Å². The second kappa shape index (κ2) is 17.4. The third-order valence-corrected chi connectivity index (χ3v) is 4.63. The zero-order valence-corrected chi connectivity index (χ0v) is 17.3. The van der Waals surface area contributed by atoms with E-state index in [9.17, 15) is 0 Å². The van der Waals surface area contributed by atoms with Crippen molar-refractivity contribution >= 4 is 0 Å². The second-order valence-corrected chi connectivity index (χ2v) is 6.75. The number of pyridine rings is 1. The van der Waals surface area contributed by atoms with E-state index in [2.05, 4.69) is 35.9 Å². The molecule has 140 valence electrons. The minimum Gasteiger partial charge on any atom is -1.00 e. The topological polar surface area (TPSA) is 24.1 Å². The second-order valence-electron chi connectivity index (χ2n) is 6.75. The molecule has 1 N–H and O–H groups in total. The molecule has 1 heterocycles. The van der Waals surface area contributed by atoms with Crippen LogP contribution in [-0.4, -0.2) is 11.7 Å². The molecule has 0 aliphatic rings. The summed E-state index contributed by atoms with van der Waals surface area (Å²) in [5, 5.41) is 8.73. The smallest absolute Gasteiger partial charge is 0.181 e. The molecule has 0 aromatic carbocycles. The summed E-state index contributed by atoms with van der Waals surface area (Å²) in [4.78, 5) is 0. The summed E-state index contributed by atoms with van der Waals surface area (Å²) in [5.74, 6) is 0. The largest absolute Gasteiger partial charge is 1.00 e. The van der Waals surface area contributed by atoms with Crippen molar-refractivity contribution in [3.63, 3.8) is 0 Å². The molecule has 0 saturated carbocycles. The van der Waals surface area contributed by atoms with Crippen molar-refractivity contribution in [2.75, 3.05) is 6.61 Å². The van der Waals surface area contributed by atoms with Gasteiger partial charge in [-0.3, -0.25) is 0 Å². The summed E-state index contributed by atoms with van der Waals surface area (Å²) in [6.45, 7) is 3.81. The van der Waals surface area contributed by atoms with Crippen LogP contribution in [0.15, 0.2) is 24.4 Å². The fraction of sp³-hybridized carbons (Fsp3) is 0.762. The summed E-state index contributed by atoms with van der Waals surface area (Å²) >= 11 is 0. The maximum Gasteiger partial charge on any atom is 0.181 e. The summed E-state index contributed by atoms with van der Waals surface area (Å²) in [7, 11) is 0. The number of aryl methyl sites for hydroxylation is 2. The Hall–Kier alpha value is -0.410. The SMILES string of the molecule is CCCCc1cccc[n+]1CCCCCCCCCCCCO.[Br-]. The van der Waals surface area contributed by atoms with Crippen molar-refractivity contribution in [3.05, 3.63) is 30.1 Å². The van der Waals surface area contributed by atoms with Crippen LogP contribution in [-0.2, 0) is 13.0 Å². The van der Waals surface area contributed by atoms with E-state index in [1.807, 2.05) is 0 Å². The Kier molecular flexibility index (Phi) is 17.1. The first kappa shape index (κ1) is 23.6. The Bertz CT molecular complexity index is 384. The van der Waals surface area contributed by atoms with Gasteiger partial charge in [-0.05, 0) is 19.3 Å². The third-order valence-electron chi connectivity index (χ3n) is 4.63. The summed E-state index contributed by atoms with van der Waals surface area (Å²) in [6.07, 6.45) is 19.1. The molecule has 0 spiro atoms. The molecule has 1 rings (SSSR count). The van der Waals surface area contributed by atoms with Gasteiger partial charge in [0.15, 0.2) is 11.9 Å². The van der Waals surface area contributed by atoms with Gasteiger partial charge in [-0.2, -0.15) is 0 Å². The molecule has 0 radical (unpaired) electrons. The molecule has 0 aliphatic heterocycles. The Morgan fingerprint density at radius 2 is 1.38 bits per heavy atom. The minimum absolute atomic E-state index is 0. The monoisotopic (exact) mass is 399 g/mol. The molecular formula is C21H38BrNO. The van der Waals surface area contributed by atoms with Crippen LogP contribution in [0.5, 0.6) is 0 Å². The van der Waals surface area contributed by atoms with Crippen molar-refractivity contribution in [2.24, 2.45) is 0 Å². The zero-order valence-electron chi connectivity index (χ0n) is 15.7. The molecule has 3 heteroatoms. The molecule has 0 atom stereocenters. The first-order valence-electron chi connectivity index (χ1n) is 9.96. The number of hydrogen-bond donors (Lipinski definition) is 1. The molecule has 0 fully saturated rings. The highest BCUT2D eigenvalue weighted by Gasteiger charge is 2.08. The van der Waals surface area contributed by atoms with Crippen LogP contribution in [0.25, 0.3) is 0 Å². The van der Waals surface area contributed by atoms with Crippen LogP contribution in [0, 0.1) is 0 Å². The van der Waals surface area contributed by atoms with Gasteiger partial charge in [0.05, 0.1) is 0 Å². The van der Waals surface area contributed by atoms with Gasteiger partial charge in [0.1, 0.15) is 6.54 Å². The lowest BCUT2D eigenvalue weighted by Crippen LogP contribution is -3.00. The van der Waals surface area contributed by atoms with Crippen LogP contribution in [0.1, 0.15) is 89.7 Å². The summed E-state index contributed by atoms with van der Waals surface area (Å²) in [6, 6.07) is 6.61. The van der Waals surface area contributed by atoms with Gasteiger partial charge in [-0.25, -0.2) is 4.57 Å². The number of nitrogens with zero attached hydrogens (tertiary/aromatic N) is 1. The molecule has 1 aromatic rings. The van der Waals surface area contributed by atoms with Crippen LogP contribution in [0.2, 0.25) is 0 Å². The average molecular weight is 400 g/mol. The van der Waals surface area contributed by atoms with E-state index < -0.39 is 0 Å². The first-order chi connectivity index (χ1) is 11.4. The van der Waals surface area contributed by atoms with E-state index in [0.29, 0.717) is 6.61 Å². The molecule has 0 aliphatic carbocycles. The number of aromatic nitrogens is 1. The first-order valence-corrected chi connectivity index (χ1v) is 9.96. The normalized spacial score (nSPS) is 10.6.